The maximum Gasteiger partial charge on any atom is 0.120 e. The summed E-state index contributed by atoms with van der Waals surface area (Å²) in [6.07, 6.45) is 4.65. The third-order valence-corrected chi connectivity index (χ3v) is 3.77. The van der Waals surface area contributed by atoms with Gasteiger partial charge in [0.05, 0.1) is 6.54 Å². The first-order valence-electron chi connectivity index (χ1n) is 6.82. The van der Waals surface area contributed by atoms with E-state index in [1.54, 1.807) is 12.3 Å². The Morgan fingerprint density at radius 1 is 1.45 bits per heavy atom. The molecule has 0 aliphatic carbocycles. The summed E-state index contributed by atoms with van der Waals surface area (Å²) < 4.78 is 2.89. The van der Waals surface area contributed by atoms with Gasteiger partial charge < -0.3 is 10.4 Å². The van der Waals surface area contributed by atoms with E-state index in [4.69, 9.17) is 0 Å². The Morgan fingerprint density at radius 3 is 2.90 bits per heavy atom. The third-order valence-electron chi connectivity index (χ3n) is 3.28. The number of phenols is 1. The number of halogens is 1. The van der Waals surface area contributed by atoms with Crippen LogP contribution in [0.4, 0.5) is 0 Å². The monoisotopic (exact) mass is 337 g/mol. The number of benzene rings is 1. The summed E-state index contributed by atoms with van der Waals surface area (Å²) in [6, 6.07) is 7.85. The van der Waals surface area contributed by atoms with Gasteiger partial charge in [-0.2, -0.15) is 5.10 Å². The highest BCUT2D eigenvalue weighted by molar-refractivity contribution is 9.10. The topological polar surface area (TPSA) is 50.1 Å². The van der Waals surface area contributed by atoms with Crippen molar-refractivity contribution in [3.05, 3.63) is 46.7 Å². The summed E-state index contributed by atoms with van der Waals surface area (Å²) in [7, 11) is 0. The van der Waals surface area contributed by atoms with Gasteiger partial charge in [0.25, 0.3) is 0 Å². The highest BCUT2D eigenvalue weighted by Crippen LogP contribution is 2.29. The van der Waals surface area contributed by atoms with Crippen molar-refractivity contribution >= 4 is 15.9 Å². The maximum atomic E-state index is 10.0. The van der Waals surface area contributed by atoms with Crippen LogP contribution >= 0.6 is 15.9 Å². The van der Waals surface area contributed by atoms with Crippen molar-refractivity contribution in [3.8, 4) is 5.75 Å². The van der Waals surface area contributed by atoms with Crippen LogP contribution in [0.3, 0.4) is 0 Å². The standard InChI is InChI=1S/C15H20BrN3O/c1-3-14(13-9-12(16)5-6-15(13)20)18-11(2)10-19-8-4-7-17-19/h4-9,11,14,18,20H,3,10H2,1-2H3. The Kier molecular flexibility index (Phi) is 5.20. The lowest BCUT2D eigenvalue weighted by molar-refractivity contribution is 0.380. The molecule has 0 fully saturated rings. The minimum atomic E-state index is 0.123. The van der Waals surface area contributed by atoms with E-state index in [9.17, 15) is 5.11 Å². The molecule has 0 saturated heterocycles. The molecule has 5 heteroatoms. The first-order valence-corrected chi connectivity index (χ1v) is 7.61. The van der Waals surface area contributed by atoms with Crippen molar-refractivity contribution in [2.24, 2.45) is 0 Å². The van der Waals surface area contributed by atoms with Gasteiger partial charge in [-0.05, 0) is 37.6 Å². The van der Waals surface area contributed by atoms with Gasteiger partial charge in [-0.15, -0.1) is 0 Å². The van der Waals surface area contributed by atoms with Crippen LogP contribution < -0.4 is 5.32 Å². The summed E-state index contributed by atoms with van der Waals surface area (Å²) in [6.45, 7) is 5.04. The summed E-state index contributed by atoms with van der Waals surface area (Å²) in [4.78, 5) is 0. The average molecular weight is 338 g/mol. The maximum absolute atomic E-state index is 10.0. The average Bonchev–Trinajstić information content (AvgIpc) is 2.92. The number of hydrogen-bond acceptors (Lipinski definition) is 3. The van der Waals surface area contributed by atoms with Crippen molar-refractivity contribution in [1.29, 1.82) is 0 Å². The second-order valence-corrected chi connectivity index (χ2v) is 5.88. The summed E-state index contributed by atoms with van der Waals surface area (Å²) in [5.74, 6) is 0.332. The zero-order chi connectivity index (χ0) is 14.5. The van der Waals surface area contributed by atoms with Crippen LogP contribution in [0.5, 0.6) is 5.75 Å². The molecule has 2 atom stereocenters. The predicted octanol–water partition coefficient (Wildman–Crippen LogP) is 3.48. The van der Waals surface area contributed by atoms with E-state index >= 15 is 0 Å². The molecule has 2 aromatic rings. The molecule has 4 nitrogen and oxygen atoms in total. The molecule has 20 heavy (non-hydrogen) atoms. The van der Waals surface area contributed by atoms with Crippen molar-refractivity contribution in [1.82, 2.24) is 15.1 Å². The molecule has 0 radical (unpaired) electrons. The van der Waals surface area contributed by atoms with Crippen molar-refractivity contribution in [2.75, 3.05) is 0 Å². The number of rotatable bonds is 6. The van der Waals surface area contributed by atoms with Gasteiger partial charge in [0.15, 0.2) is 0 Å². The van der Waals surface area contributed by atoms with Gasteiger partial charge in [-0.3, -0.25) is 4.68 Å². The highest BCUT2D eigenvalue weighted by Gasteiger charge is 2.16. The lowest BCUT2D eigenvalue weighted by Gasteiger charge is -2.23. The predicted molar refractivity (Wildman–Crippen MR) is 83.7 cm³/mol. The van der Waals surface area contributed by atoms with Crippen molar-refractivity contribution < 1.29 is 5.11 Å². The van der Waals surface area contributed by atoms with E-state index in [-0.39, 0.29) is 12.1 Å². The van der Waals surface area contributed by atoms with E-state index in [0.717, 1.165) is 23.0 Å². The third kappa shape index (κ3) is 3.84. The molecule has 2 rings (SSSR count). The van der Waals surface area contributed by atoms with Crippen LogP contribution in [0.25, 0.3) is 0 Å². The molecule has 0 aliphatic rings. The Bertz CT molecular complexity index is 542. The lowest BCUT2D eigenvalue weighted by Crippen LogP contribution is -2.33. The fourth-order valence-corrected chi connectivity index (χ4v) is 2.70. The van der Waals surface area contributed by atoms with E-state index in [1.807, 2.05) is 29.1 Å². The number of aromatic hydroxyl groups is 1. The minimum absolute atomic E-state index is 0.123. The molecule has 2 unspecified atom stereocenters. The molecule has 1 aromatic carbocycles. The zero-order valence-corrected chi connectivity index (χ0v) is 13.3. The Hall–Kier alpha value is -1.33. The first kappa shape index (κ1) is 15.1. The molecule has 108 valence electrons. The lowest BCUT2D eigenvalue weighted by atomic mass is 10.0. The van der Waals surface area contributed by atoms with Gasteiger partial charge in [0, 0.05) is 34.5 Å². The SMILES string of the molecule is CCC(NC(C)Cn1cccn1)c1cc(Br)ccc1O. The zero-order valence-electron chi connectivity index (χ0n) is 11.8. The number of nitrogens with zero attached hydrogens (tertiary/aromatic N) is 2. The number of aromatic nitrogens is 2. The van der Waals surface area contributed by atoms with E-state index in [1.165, 1.54) is 0 Å². The molecule has 1 aromatic heterocycles. The molecule has 0 bridgehead atoms. The molecule has 0 amide bonds. The Balaban J connectivity index is 2.06. The molecule has 2 N–H and O–H groups in total. The number of hydrogen-bond donors (Lipinski definition) is 2. The second-order valence-electron chi connectivity index (χ2n) is 4.96. The Labute approximate surface area is 127 Å². The fourth-order valence-electron chi connectivity index (χ4n) is 2.32. The molecule has 0 aliphatic heterocycles. The second kappa shape index (κ2) is 6.90. The molecule has 0 spiro atoms. The molecule has 0 saturated carbocycles. The van der Waals surface area contributed by atoms with Crippen LogP contribution in [-0.2, 0) is 6.54 Å². The largest absolute Gasteiger partial charge is 0.508 e. The highest BCUT2D eigenvalue weighted by atomic mass is 79.9. The van der Waals surface area contributed by atoms with Crippen LogP contribution in [0.1, 0.15) is 31.9 Å². The first-order chi connectivity index (χ1) is 9.60. The fraction of sp³-hybridized carbons (Fsp3) is 0.400. The quantitative estimate of drug-likeness (QED) is 0.848. The minimum Gasteiger partial charge on any atom is -0.508 e. The van der Waals surface area contributed by atoms with Gasteiger partial charge in [0.1, 0.15) is 5.75 Å². The van der Waals surface area contributed by atoms with Gasteiger partial charge in [-0.1, -0.05) is 22.9 Å². The molecule has 1 heterocycles. The van der Waals surface area contributed by atoms with Gasteiger partial charge >= 0.3 is 0 Å². The Morgan fingerprint density at radius 2 is 2.25 bits per heavy atom. The van der Waals surface area contributed by atoms with E-state index in [0.29, 0.717) is 5.75 Å². The molecular formula is C15H20BrN3O. The van der Waals surface area contributed by atoms with Crippen molar-refractivity contribution in [3.63, 3.8) is 0 Å². The van der Waals surface area contributed by atoms with Crippen LogP contribution in [0, 0.1) is 0 Å². The van der Waals surface area contributed by atoms with Gasteiger partial charge in [-0.25, -0.2) is 0 Å². The van der Waals surface area contributed by atoms with Crippen LogP contribution in [0.15, 0.2) is 41.1 Å². The summed E-state index contributed by atoms with van der Waals surface area (Å²) in [5, 5.41) is 17.8. The van der Waals surface area contributed by atoms with Crippen LogP contribution in [0.2, 0.25) is 0 Å². The summed E-state index contributed by atoms with van der Waals surface area (Å²) in [5.41, 5.74) is 0.925. The van der Waals surface area contributed by atoms with Crippen LogP contribution in [-0.4, -0.2) is 20.9 Å². The van der Waals surface area contributed by atoms with E-state index < -0.39 is 0 Å². The van der Waals surface area contributed by atoms with Crippen molar-refractivity contribution in [2.45, 2.75) is 38.9 Å². The number of phenolic OH excluding ortho intramolecular Hbond substituents is 1. The smallest absolute Gasteiger partial charge is 0.120 e. The van der Waals surface area contributed by atoms with Gasteiger partial charge in [0.2, 0.25) is 0 Å². The number of nitrogens with one attached hydrogen (secondary N) is 1. The molecular weight excluding hydrogens is 318 g/mol. The summed E-state index contributed by atoms with van der Waals surface area (Å²) >= 11 is 3.46. The van der Waals surface area contributed by atoms with E-state index in [2.05, 4.69) is 40.2 Å². The normalized spacial score (nSPS) is 14.2.